The number of aromatic nitrogens is 1. The third-order valence-corrected chi connectivity index (χ3v) is 6.74. The van der Waals surface area contributed by atoms with E-state index in [4.69, 9.17) is 0 Å². The van der Waals surface area contributed by atoms with Crippen LogP contribution >= 0.6 is 0 Å². The fourth-order valence-electron chi connectivity index (χ4n) is 6.33. The molecule has 4 aliphatic carbocycles. The van der Waals surface area contributed by atoms with Crippen LogP contribution in [0.4, 0.5) is 5.82 Å². The van der Waals surface area contributed by atoms with E-state index in [-0.39, 0.29) is 0 Å². The molecule has 0 aromatic carbocycles. The van der Waals surface area contributed by atoms with E-state index >= 15 is 0 Å². The summed E-state index contributed by atoms with van der Waals surface area (Å²) in [5.41, 5.74) is 7.21. The lowest BCUT2D eigenvalue weighted by Crippen LogP contribution is -2.47. The van der Waals surface area contributed by atoms with Crippen molar-refractivity contribution >= 4 is 5.82 Å². The molecule has 4 saturated carbocycles. The third-order valence-electron chi connectivity index (χ3n) is 6.74. The Labute approximate surface area is 132 Å². The highest BCUT2D eigenvalue weighted by Crippen LogP contribution is 2.63. The fraction of sp³-hybridized carbons (Fsp3) is 0.632. The molecule has 116 valence electrons. The minimum atomic E-state index is 0.509. The Kier molecular flexibility index (Phi) is 2.73. The van der Waals surface area contributed by atoms with Gasteiger partial charge >= 0.3 is 0 Å². The second-order valence-electron chi connectivity index (χ2n) is 8.12. The zero-order chi connectivity index (χ0) is 14.7. The van der Waals surface area contributed by atoms with Gasteiger partial charge in [0.1, 0.15) is 5.82 Å². The zero-order valence-electron chi connectivity index (χ0n) is 13.4. The highest BCUT2D eigenvalue weighted by atomic mass is 15.5. The van der Waals surface area contributed by atoms with Crippen molar-refractivity contribution in [1.29, 1.82) is 0 Å². The van der Waals surface area contributed by atoms with E-state index in [1.165, 1.54) is 44.2 Å². The molecule has 1 aliphatic heterocycles. The molecule has 4 fully saturated rings. The van der Waals surface area contributed by atoms with Gasteiger partial charge in [0.2, 0.25) is 0 Å². The number of nitrogens with one attached hydrogen (secondary N) is 1. The normalized spacial score (nSPS) is 39.9. The molecule has 1 aromatic rings. The van der Waals surface area contributed by atoms with Crippen molar-refractivity contribution in [2.45, 2.75) is 45.4 Å². The number of pyridine rings is 1. The average molecular weight is 295 g/mol. The van der Waals surface area contributed by atoms with E-state index in [1.54, 1.807) is 5.57 Å². The molecule has 3 heteroatoms. The van der Waals surface area contributed by atoms with Crippen molar-refractivity contribution in [3.05, 3.63) is 35.7 Å². The molecule has 0 unspecified atom stereocenters. The topological polar surface area (TPSA) is 28.2 Å². The molecule has 3 nitrogen and oxygen atoms in total. The standard InChI is InChI=1S/C19H25N3/c1-13-17(12-21-22(13)18-4-2-3-5-20-18)19-9-14-6-15(10-19)8-16(7-14)11-19/h2-5,14-16,21H,6-12H2,1H3. The first kappa shape index (κ1) is 13.1. The van der Waals surface area contributed by atoms with Crippen LogP contribution in [-0.2, 0) is 0 Å². The van der Waals surface area contributed by atoms with E-state index < -0.39 is 0 Å². The van der Waals surface area contributed by atoms with Crippen molar-refractivity contribution in [1.82, 2.24) is 10.4 Å². The summed E-state index contributed by atoms with van der Waals surface area (Å²) in [4.78, 5) is 4.52. The SMILES string of the molecule is CC1=C(C23CC4CC(CC(C4)C2)C3)CNN1c1ccccn1. The Morgan fingerprint density at radius 2 is 1.77 bits per heavy atom. The Bertz CT molecular complexity index is 584. The van der Waals surface area contributed by atoms with Crippen LogP contribution in [0.2, 0.25) is 0 Å². The van der Waals surface area contributed by atoms with Gasteiger partial charge in [-0.15, -0.1) is 0 Å². The van der Waals surface area contributed by atoms with Crippen molar-refractivity contribution in [3.63, 3.8) is 0 Å². The molecule has 22 heavy (non-hydrogen) atoms. The number of allylic oxidation sites excluding steroid dienone is 1. The maximum Gasteiger partial charge on any atom is 0.147 e. The largest absolute Gasteiger partial charge is 0.264 e. The Hall–Kier alpha value is -1.35. The summed E-state index contributed by atoms with van der Waals surface area (Å²) in [7, 11) is 0. The highest BCUT2D eigenvalue weighted by Gasteiger charge is 2.53. The first-order chi connectivity index (χ1) is 10.7. The van der Waals surface area contributed by atoms with Crippen LogP contribution in [0.25, 0.3) is 0 Å². The predicted octanol–water partition coefficient (Wildman–Crippen LogP) is 3.90. The van der Waals surface area contributed by atoms with Crippen LogP contribution in [0.1, 0.15) is 45.4 Å². The molecule has 2 heterocycles. The fourth-order valence-corrected chi connectivity index (χ4v) is 6.33. The van der Waals surface area contributed by atoms with E-state index in [1.807, 2.05) is 12.3 Å². The smallest absolute Gasteiger partial charge is 0.147 e. The Balaban J connectivity index is 1.51. The van der Waals surface area contributed by atoms with Crippen molar-refractivity contribution in [2.75, 3.05) is 11.6 Å². The van der Waals surface area contributed by atoms with E-state index in [0.717, 1.165) is 30.1 Å². The van der Waals surface area contributed by atoms with Gasteiger partial charge in [-0.2, -0.15) is 0 Å². The van der Waals surface area contributed by atoms with Crippen LogP contribution in [0, 0.1) is 23.2 Å². The van der Waals surface area contributed by atoms with Gasteiger partial charge in [0.15, 0.2) is 0 Å². The van der Waals surface area contributed by atoms with Crippen LogP contribution < -0.4 is 10.4 Å². The van der Waals surface area contributed by atoms with Gasteiger partial charge in [0.25, 0.3) is 0 Å². The molecular weight excluding hydrogens is 270 g/mol. The summed E-state index contributed by atoms with van der Waals surface area (Å²) in [5, 5.41) is 2.22. The van der Waals surface area contributed by atoms with Gasteiger partial charge in [-0.3, -0.25) is 5.01 Å². The van der Waals surface area contributed by atoms with Crippen LogP contribution in [0.3, 0.4) is 0 Å². The van der Waals surface area contributed by atoms with Crippen molar-refractivity contribution in [2.24, 2.45) is 23.2 Å². The van der Waals surface area contributed by atoms with E-state index in [2.05, 4.69) is 34.5 Å². The number of hydrogen-bond donors (Lipinski definition) is 1. The maximum atomic E-state index is 4.52. The molecule has 1 N–H and O–H groups in total. The van der Waals surface area contributed by atoms with E-state index in [9.17, 15) is 0 Å². The lowest BCUT2D eigenvalue weighted by atomic mass is 9.47. The molecule has 1 aromatic heterocycles. The van der Waals surface area contributed by atoms with Gasteiger partial charge in [-0.1, -0.05) is 6.07 Å². The van der Waals surface area contributed by atoms with Crippen molar-refractivity contribution in [3.8, 4) is 0 Å². The van der Waals surface area contributed by atoms with Gasteiger partial charge in [-0.25, -0.2) is 10.4 Å². The zero-order valence-corrected chi connectivity index (χ0v) is 13.4. The average Bonchev–Trinajstić information content (AvgIpc) is 2.89. The maximum absolute atomic E-state index is 4.52. The van der Waals surface area contributed by atoms with Gasteiger partial charge in [-0.05, 0) is 86.3 Å². The van der Waals surface area contributed by atoms with Crippen molar-refractivity contribution < 1.29 is 0 Å². The molecule has 5 aliphatic rings. The minimum absolute atomic E-state index is 0.509. The number of hydrogen-bond acceptors (Lipinski definition) is 3. The first-order valence-electron chi connectivity index (χ1n) is 8.88. The van der Waals surface area contributed by atoms with E-state index in [0.29, 0.717) is 5.41 Å². The summed E-state index contributed by atoms with van der Waals surface area (Å²) in [6, 6.07) is 6.15. The molecule has 0 spiro atoms. The quantitative estimate of drug-likeness (QED) is 0.897. The highest BCUT2D eigenvalue weighted by molar-refractivity contribution is 5.49. The summed E-state index contributed by atoms with van der Waals surface area (Å²) < 4.78 is 0. The molecule has 4 bridgehead atoms. The number of anilines is 1. The second kappa shape index (κ2) is 4.58. The number of rotatable bonds is 2. The molecule has 0 atom stereocenters. The molecule has 0 radical (unpaired) electrons. The lowest BCUT2D eigenvalue weighted by molar-refractivity contribution is -0.0311. The summed E-state index contributed by atoms with van der Waals surface area (Å²) in [6.07, 6.45) is 10.8. The summed E-state index contributed by atoms with van der Waals surface area (Å²) in [6.45, 7) is 3.32. The third kappa shape index (κ3) is 1.81. The molecule has 6 rings (SSSR count). The number of hydrazine groups is 1. The second-order valence-corrected chi connectivity index (χ2v) is 8.12. The molecular formula is C19H25N3. The van der Waals surface area contributed by atoms with Gasteiger partial charge in [0.05, 0.1) is 0 Å². The number of nitrogens with zero attached hydrogens (tertiary/aromatic N) is 2. The van der Waals surface area contributed by atoms with Gasteiger partial charge in [0, 0.05) is 18.4 Å². The molecule has 0 amide bonds. The monoisotopic (exact) mass is 295 g/mol. The Morgan fingerprint density at radius 3 is 2.36 bits per heavy atom. The molecule has 0 saturated heterocycles. The first-order valence-corrected chi connectivity index (χ1v) is 8.88. The summed E-state index contributed by atoms with van der Waals surface area (Å²) >= 11 is 0. The van der Waals surface area contributed by atoms with Crippen LogP contribution in [-0.4, -0.2) is 11.5 Å². The Morgan fingerprint density at radius 1 is 1.09 bits per heavy atom. The minimum Gasteiger partial charge on any atom is -0.264 e. The predicted molar refractivity (Wildman–Crippen MR) is 88.0 cm³/mol. The van der Waals surface area contributed by atoms with Gasteiger partial charge < -0.3 is 0 Å². The van der Waals surface area contributed by atoms with Crippen LogP contribution in [0.5, 0.6) is 0 Å². The summed E-state index contributed by atoms with van der Waals surface area (Å²) in [5.74, 6) is 4.06. The lowest BCUT2D eigenvalue weighted by Gasteiger charge is -2.57. The van der Waals surface area contributed by atoms with Crippen LogP contribution in [0.15, 0.2) is 35.7 Å².